The first-order chi connectivity index (χ1) is 10.2. The van der Waals surface area contributed by atoms with E-state index in [1.54, 1.807) is 6.20 Å². The van der Waals surface area contributed by atoms with Gasteiger partial charge in [0.2, 0.25) is 0 Å². The molecule has 3 nitrogen and oxygen atoms in total. The van der Waals surface area contributed by atoms with Crippen LogP contribution in [-0.2, 0) is 0 Å². The topological polar surface area (TPSA) is 52.0 Å². The van der Waals surface area contributed by atoms with E-state index in [4.69, 9.17) is 10.2 Å². The summed E-state index contributed by atoms with van der Waals surface area (Å²) < 4.78 is 6.71. The summed E-state index contributed by atoms with van der Waals surface area (Å²) in [4.78, 5) is 4.18. The lowest BCUT2D eigenvalue weighted by molar-refractivity contribution is 0.669. The summed E-state index contributed by atoms with van der Waals surface area (Å²) >= 11 is 3.41. The Hall–Kier alpha value is -2.33. The average molecular weight is 339 g/mol. The minimum absolute atomic E-state index is 0.489. The molecule has 0 radical (unpaired) electrons. The van der Waals surface area contributed by atoms with Crippen LogP contribution in [0.1, 0.15) is 0 Å². The molecule has 0 amide bonds. The Morgan fingerprint density at radius 3 is 2.57 bits per heavy atom. The normalized spacial score (nSPS) is 11.3. The maximum atomic E-state index is 5.91. The quantitative estimate of drug-likeness (QED) is 0.531. The van der Waals surface area contributed by atoms with Crippen LogP contribution in [0.25, 0.3) is 33.1 Å². The van der Waals surface area contributed by atoms with Gasteiger partial charge >= 0.3 is 0 Å². The van der Waals surface area contributed by atoms with Crippen molar-refractivity contribution in [3.63, 3.8) is 0 Å². The first-order valence-corrected chi connectivity index (χ1v) is 7.34. The van der Waals surface area contributed by atoms with Crippen LogP contribution in [0, 0.1) is 0 Å². The van der Waals surface area contributed by atoms with Gasteiger partial charge in [-0.15, -0.1) is 0 Å². The number of nitrogens with two attached hydrogens (primary N) is 1. The number of halogens is 1. The van der Waals surface area contributed by atoms with Crippen LogP contribution in [0.4, 0.5) is 5.82 Å². The molecule has 0 aliphatic rings. The zero-order valence-corrected chi connectivity index (χ0v) is 12.6. The fraction of sp³-hybridized carbons (Fsp3) is 0. The number of para-hydroxylation sites is 1. The van der Waals surface area contributed by atoms with Crippen molar-refractivity contribution in [2.75, 3.05) is 5.73 Å². The van der Waals surface area contributed by atoms with Gasteiger partial charge in [-0.05, 0) is 45.8 Å². The Balaban J connectivity index is 1.94. The molecule has 2 aromatic heterocycles. The van der Waals surface area contributed by atoms with Gasteiger partial charge in [-0.1, -0.05) is 24.3 Å². The number of hydrogen-bond acceptors (Lipinski definition) is 3. The van der Waals surface area contributed by atoms with Gasteiger partial charge < -0.3 is 10.2 Å². The molecule has 0 bridgehead atoms. The van der Waals surface area contributed by atoms with Gasteiger partial charge in [0.05, 0.1) is 4.47 Å². The molecule has 0 unspecified atom stereocenters. The third-order valence-electron chi connectivity index (χ3n) is 3.58. The van der Waals surface area contributed by atoms with E-state index < -0.39 is 0 Å². The maximum absolute atomic E-state index is 5.91. The van der Waals surface area contributed by atoms with Crippen LogP contribution in [0.15, 0.2) is 63.6 Å². The smallest absolute Gasteiger partial charge is 0.137 e. The standard InChI is InChI=1S/C17H11BrN2O/c18-14-7-11(9-20-17(14)19)10-5-6-13-12-3-1-2-4-15(12)21-16(13)8-10/h1-9H,(H2,19,20). The van der Waals surface area contributed by atoms with Crippen LogP contribution in [0.5, 0.6) is 0 Å². The van der Waals surface area contributed by atoms with E-state index in [0.29, 0.717) is 5.82 Å². The third-order valence-corrected chi connectivity index (χ3v) is 4.22. The number of furan rings is 1. The van der Waals surface area contributed by atoms with Crippen LogP contribution in [0.2, 0.25) is 0 Å². The molecule has 2 N–H and O–H groups in total. The van der Waals surface area contributed by atoms with Crippen LogP contribution in [0.3, 0.4) is 0 Å². The Morgan fingerprint density at radius 2 is 1.71 bits per heavy atom. The van der Waals surface area contributed by atoms with Gasteiger partial charge in [0.15, 0.2) is 0 Å². The van der Waals surface area contributed by atoms with Gasteiger partial charge in [0.1, 0.15) is 17.0 Å². The largest absolute Gasteiger partial charge is 0.456 e. The van der Waals surface area contributed by atoms with Crippen LogP contribution in [-0.4, -0.2) is 4.98 Å². The van der Waals surface area contributed by atoms with Gasteiger partial charge in [-0.2, -0.15) is 0 Å². The summed E-state index contributed by atoms with van der Waals surface area (Å²) in [5.41, 5.74) is 9.56. The van der Waals surface area contributed by atoms with E-state index in [1.165, 1.54) is 0 Å². The second-order valence-electron chi connectivity index (χ2n) is 4.90. The highest BCUT2D eigenvalue weighted by Crippen LogP contribution is 2.33. The summed E-state index contributed by atoms with van der Waals surface area (Å²) in [6.07, 6.45) is 1.77. The highest BCUT2D eigenvalue weighted by molar-refractivity contribution is 9.10. The average Bonchev–Trinajstić information content (AvgIpc) is 2.87. The molecule has 4 heteroatoms. The van der Waals surface area contributed by atoms with E-state index in [1.807, 2.05) is 30.3 Å². The fourth-order valence-corrected chi connectivity index (χ4v) is 2.86. The van der Waals surface area contributed by atoms with Crippen LogP contribution >= 0.6 is 15.9 Å². The van der Waals surface area contributed by atoms with E-state index in [-0.39, 0.29) is 0 Å². The Kier molecular flexibility index (Phi) is 2.72. The molecule has 0 fully saturated rings. The molecule has 0 spiro atoms. The van der Waals surface area contributed by atoms with Crippen LogP contribution < -0.4 is 5.73 Å². The highest BCUT2D eigenvalue weighted by Gasteiger charge is 2.08. The lowest BCUT2D eigenvalue weighted by Crippen LogP contribution is -1.91. The van der Waals surface area contributed by atoms with Gasteiger partial charge in [0.25, 0.3) is 0 Å². The monoisotopic (exact) mass is 338 g/mol. The van der Waals surface area contributed by atoms with Crippen molar-refractivity contribution < 1.29 is 4.42 Å². The number of rotatable bonds is 1. The van der Waals surface area contributed by atoms with Gasteiger partial charge in [0, 0.05) is 22.5 Å². The molecule has 0 aliphatic heterocycles. The fourth-order valence-electron chi connectivity index (χ4n) is 2.51. The van der Waals surface area contributed by atoms with E-state index in [9.17, 15) is 0 Å². The summed E-state index contributed by atoms with van der Waals surface area (Å²) in [5, 5.41) is 2.26. The lowest BCUT2D eigenvalue weighted by Gasteiger charge is -2.03. The zero-order chi connectivity index (χ0) is 14.4. The van der Waals surface area contributed by atoms with Crippen molar-refractivity contribution >= 4 is 43.7 Å². The highest BCUT2D eigenvalue weighted by atomic mass is 79.9. The molecule has 102 valence electrons. The lowest BCUT2D eigenvalue weighted by atomic mass is 10.1. The number of anilines is 1. The van der Waals surface area contributed by atoms with Crippen molar-refractivity contribution in [3.05, 3.63) is 59.2 Å². The first kappa shape index (κ1) is 12.4. The summed E-state index contributed by atoms with van der Waals surface area (Å²) in [7, 11) is 0. The Bertz CT molecular complexity index is 975. The maximum Gasteiger partial charge on any atom is 0.137 e. The van der Waals surface area contributed by atoms with E-state index >= 15 is 0 Å². The van der Waals surface area contributed by atoms with E-state index in [2.05, 4.69) is 39.1 Å². The molecule has 2 heterocycles. The number of fused-ring (bicyclic) bond motifs is 3. The third kappa shape index (κ3) is 1.99. The summed E-state index contributed by atoms with van der Waals surface area (Å²) in [6.45, 7) is 0. The van der Waals surface area contributed by atoms with Crippen molar-refractivity contribution in [1.29, 1.82) is 0 Å². The molecule has 21 heavy (non-hydrogen) atoms. The Morgan fingerprint density at radius 1 is 0.905 bits per heavy atom. The van der Waals surface area contributed by atoms with Crippen molar-refractivity contribution in [2.24, 2.45) is 0 Å². The van der Waals surface area contributed by atoms with Crippen molar-refractivity contribution in [2.45, 2.75) is 0 Å². The number of pyridine rings is 1. The number of nitrogen functional groups attached to an aromatic ring is 1. The summed E-state index contributed by atoms with van der Waals surface area (Å²) in [6, 6.07) is 16.2. The number of benzene rings is 2. The molecule has 2 aromatic carbocycles. The number of aromatic nitrogens is 1. The van der Waals surface area contributed by atoms with Crippen molar-refractivity contribution in [1.82, 2.24) is 4.98 Å². The minimum Gasteiger partial charge on any atom is -0.456 e. The predicted molar refractivity (Wildman–Crippen MR) is 89.1 cm³/mol. The number of nitrogens with zero attached hydrogens (tertiary/aromatic N) is 1. The SMILES string of the molecule is Nc1ncc(-c2ccc3c(c2)oc2ccccc23)cc1Br. The Labute approximate surface area is 129 Å². The van der Waals surface area contributed by atoms with E-state index in [0.717, 1.165) is 37.5 Å². The molecule has 0 aliphatic carbocycles. The molecule has 0 atom stereocenters. The molecule has 0 saturated carbocycles. The minimum atomic E-state index is 0.489. The summed E-state index contributed by atoms with van der Waals surface area (Å²) in [5.74, 6) is 0.489. The van der Waals surface area contributed by atoms with Gasteiger partial charge in [-0.3, -0.25) is 0 Å². The predicted octanol–water partition coefficient (Wildman–Crippen LogP) is 4.99. The molecule has 4 aromatic rings. The van der Waals surface area contributed by atoms with Gasteiger partial charge in [-0.25, -0.2) is 4.98 Å². The zero-order valence-electron chi connectivity index (χ0n) is 11.0. The molecular formula is C17H11BrN2O. The number of hydrogen-bond donors (Lipinski definition) is 1. The first-order valence-electron chi connectivity index (χ1n) is 6.55. The molecule has 4 rings (SSSR count). The molecular weight excluding hydrogens is 328 g/mol. The second-order valence-corrected chi connectivity index (χ2v) is 5.75. The second kappa shape index (κ2) is 4.60. The van der Waals surface area contributed by atoms with Crippen molar-refractivity contribution in [3.8, 4) is 11.1 Å². The molecule has 0 saturated heterocycles.